The summed E-state index contributed by atoms with van der Waals surface area (Å²) in [6, 6.07) is 17.4. The van der Waals surface area contributed by atoms with Gasteiger partial charge in [-0.15, -0.1) is 0 Å². The normalized spacial score (nSPS) is 14.9. The number of carbonyl (C=O) groups excluding carboxylic acids is 1. The zero-order chi connectivity index (χ0) is 26.1. The summed E-state index contributed by atoms with van der Waals surface area (Å²) in [6.45, 7) is 3.70. The number of rotatable bonds is 6. The number of hydrogen-bond acceptors (Lipinski definition) is 9. The number of piperazine rings is 1. The van der Waals surface area contributed by atoms with Gasteiger partial charge in [-0.2, -0.15) is 9.97 Å². The van der Waals surface area contributed by atoms with Gasteiger partial charge in [-0.3, -0.25) is 4.79 Å². The van der Waals surface area contributed by atoms with E-state index in [1.54, 1.807) is 12.1 Å². The summed E-state index contributed by atoms with van der Waals surface area (Å²) in [5, 5.41) is 31.6. The number of aliphatic hydroxyl groups is 2. The van der Waals surface area contributed by atoms with E-state index < -0.39 is 12.2 Å². The van der Waals surface area contributed by atoms with Crippen molar-refractivity contribution >= 4 is 33.4 Å². The van der Waals surface area contributed by atoms with Crippen molar-refractivity contribution in [1.29, 1.82) is 0 Å². The highest BCUT2D eigenvalue weighted by atomic mass is 16.5. The van der Waals surface area contributed by atoms with Crippen LogP contribution >= 0.6 is 0 Å². The number of nitrogens with two attached hydrogens (primary N) is 1. The molecule has 192 valence electrons. The Kier molecular flexibility index (Phi) is 6.79. The first kappa shape index (κ1) is 24.7. The Morgan fingerprint density at radius 1 is 1.03 bits per heavy atom. The van der Waals surface area contributed by atoms with Crippen LogP contribution in [0, 0.1) is 0 Å². The van der Waals surface area contributed by atoms with Crippen LogP contribution in [0.4, 0.5) is 5.82 Å². The second kappa shape index (κ2) is 10.2. The standard InChI is InChI=1S/C27H29N5O5/c1-16(15-28)37-27-29-23-13-18(22-14-19(33)12-17-4-2-3-5-20(17)22)6-7-21(23)24(30-27)31-8-10-32(11-9-31)25(34)26(35)36/h2-7,12-14,16,26,33,35-36H,8-11,15,28H2,1H3. The molecule has 0 spiro atoms. The number of aromatic nitrogens is 2. The zero-order valence-electron chi connectivity index (χ0n) is 20.4. The summed E-state index contributed by atoms with van der Waals surface area (Å²) in [5.74, 6) is 0.127. The van der Waals surface area contributed by atoms with Gasteiger partial charge in [0.05, 0.1) is 5.52 Å². The van der Waals surface area contributed by atoms with E-state index in [4.69, 9.17) is 10.5 Å². The van der Waals surface area contributed by atoms with Crippen molar-refractivity contribution in [3.63, 3.8) is 0 Å². The lowest BCUT2D eigenvalue weighted by molar-refractivity contribution is -0.159. The predicted molar refractivity (Wildman–Crippen MR) is 140 cm³/mol. The molecule has 5 rings (SSSR count). The minimum atomic E-state index is -2.02. The van der Waals surface area contributed by atoms with E-state index in [-0.39, 0.29) is 17.9 Å². The molecule has 0 aliphatic carbocycles. The van der Waals surface area contributed by atoms with Crippen molar-refractivity contribution in [1.82, 2.24) is 14.9 Å². The Hall–Kier alpha value is -3.99. The van der Waals surface area contributed by atoms with Crippen LogP contribution in [0.5, 0.6) is 11.8 Å². The summed E-state index contributed by atoms with van der Waals surface area (Å²) in [5.41, 5.74) is 8.18. The van der Waals surface area contributed by atoms with Crippen LogP contribution in [0.2, 0.25) is 0 Å². The smallest absolute Gasteiger partial charge is 0.319 e. The molecular weight excluding hydrogens is 474 g/mol. The summed E-state index contributed by atoms with van der Waals surface area (Å²) < 4.78 is 5.88. The van der Waals surface area contributed by atoms with E-state index in [0.717, 1.165) is 27.3 Å². The van der Waals surface area contributed by atoms with Gasteiger partial charge in [-0.1, -0.05) is 30.3 Å². The molecule has 0 radical (unpaired) electrons. The third-order valence-electron chi connectivity index (χ3n) is 6.56. The maximum atomic E-state index is 12.0. The first-order valence-corrected chi connectivity index (χ1v) is 12.1. The van der Waals surface area contributed by atoms with Crippen LogP contribution in [0.15, 0.2) is 54.6 Å². The molecule has 10 heteroatoms. The average molecular weight is 504 g/mol. The molecule has 0 bridgehead atoms. The van der Waals surface area contributed by atoms with Gasteiger partial charge < -0.3 is 35.6 Å². The number of anilines is 1. The highest BCUT2D eigenvalue weighted by Gasteiger charge is 2.27. The lowest BCUT2D eigenvalue weighted by atomic mass is 9.97. The average Bonchev–Trinajstić information content (AvgIpc) is 2.91. The summed E-state index contributed by atoms with van der Waals surface area (Å²) in [4.78, 5) is 24.8. The number of benzene rings is 3. The molecule has 1 aromatic heterocycles. The number of carbonyl (C=O) groups is 1. The maximum absolute atomic E-state index is 12.0. The van der Waals surface area contributed by atoms with Crippen LogP contribution in [-0.4, -0.2) is 81.2 Å². The number of aliphatic hydroxyl groups excluding tert-OH is 1. The number of phenols is 1. The maximum Gasteiger partial charge on any atom is 0.319 e. The summed E-state index contributed by atoms with van der Waals surface area (Å²) in [7, 11) is 0. The van der Waals surface area contributed by atoms with Gasteiger partial charge >= 0.3 is 6.01 Å². The molecule has 1 aliphatic rings. The third kappa shape index (κ3) is 4.99. The minimum absolute atomic E-state index is 0.179. The van der Waals surface area contributed by atoms with Gasteiger partial charge in [0.25, 0.3) is 5.91 Å². The molecule has 2 heterocycles. The third-order valence-corrected chi connectivity index (χ3v) is 6.56. The van der Waals surface area contributed by atoms with Crippen molar-refractivity contribution in [2.75, 3.05) is 37.6 Å². The van der Waals surface area contributed by atoms with E-state index >= 15 is 0 Å². The van der Waals surface area contributed by atoms with Crippen LogP contribution in [0.3, 0.4) is 0 Å². The topological polar surface area (TPSA) is 145 Å². The van der Waals surface area contributed by atoms with Crippen LogP contribution in [0.25, 0.3) is 32.8 Å². The van der Waals surface area contributed by atoms with Gasteiger partial charge in [0.2, 0.25) is 6.29 Å². The highest BCUT2D eigenvalue weighted by molar-refractivity contribution is 6.01. The lowest BCUT2D eigenvalue weighted by Crippen LogP contribution is -2.51. The van der Waals surface area contributed by atoms with Gasteiger partial charge in [0.1, 0.15) is 17.7 Å². The molecule has 5 N–H and O–H groups in total. The van der Waals surface area contributed by atoms with Gasteiger partial charge in [0.15, 0.2) is 0 Å². The Balaban J connectivity index is 1.57. The minimum Gasteiger partial charge on any atom is -0.508 e. The van der Waals surface area contributed by atoms with Crippen LogP contribution in [-0.2, 0) is 4.79 Å². The van der Waals surface area contributed by atoms with E-state index in [1.807, 2.05) is 54.3 Å². The Labute approximate surface area is 213 Å². The molecule has 3 aromatic carbocycles. The summed E-state index contributed by atoms with van der Waals surface area (Å²) in [6.07, 6.45) is -2.31. The Bertz CT molecular complexity index is 1450. The zero-order valence-corrected chi connectivity index (χ0v) is 20.4. The first-order valence-electron chi connectivity index (χ1n) is 12.1. The quantitative estimate of drug-likeness (QED) is 0.290. The van der Waals surface area contributed by atoms with E-state index in [1.165, 1.54) is 4.90 Å². The van der Waals surface area contributed by atoms with Crippen LogP contribution in [0.1, 0.15) is 6.92 Å². The Morgan fingerprint density at radius 3 is 2.51 bits per heavy atom. The number of aromatic hydroxyl groups is 1. The second-order valence-corrected chi connectivity index (χ2v) is 9.13. The fraction of sp³-hybridized carbons (Fsp3) is 0.296. The van der Waals surface area contributed by atoms with Crippen molar-refractivity contribution in [2.24, 2.45) is 5.73 Å². The fourth-order valence-electron chi connectivity index (χ4n) is 4.62. The monoisotopic (exact) mass is 503 g/mol. The molecule has 0 saturated carbocycles. The molecule has 1 atom stereocenters. The molecule has 10 nitrogen and oxygen atoms in total. The number of hydrogen-bond donors (Lipinski definition) is 4. The van der Waals surface area contributed by atoms with Crippen LogP contribution < -0.4 is 15.4 Å². The fourth-order valence-corrected chi connectivity index (χ4v) is 4.62. The van der Waals surface area contributed by atoms with E-state index in [9.17, 15) is 20.1 Å². The van der Waals surface area contributed by atoms with Gasteiger partial charge in [0, 0.05) is 38.1 Å². The first-order chi connectivity index (χ1) is 17.8. The van der Waals surface area contributed by atoms with Crippen molar-refractivity contribution in [3.05, 3.63) is 54.6 Å². The van der Waals surface area contributed by atoms with Crippen molar-refractivity contribution in [2.45, 2.75) is 19.3 Å². The van der Waals surface area contributed by atoms with Crippen molar-refractivity contribution in [3.8, 4) is 22.9 Å². The molecule has 1 aliphatic heterocycles. The number of nitrogens with zero attached hydrogens (tertiary/aromatic N) is 4. The molecule has 4 aromatic rings. The van der Waals surface area contributed by atoms with E-state index in [2.05, 4.69) is 9.97 Å². The Morgan fingerprint density at radius 2 is 1.78 bits per heavy atom. The molecule has 1 saturated heterocycles. The predicted octanol–water partition coefficient (Wildman–Crippen LogP) is 1.84. The number of amides is 1. The van der Waals surface area contributed by atoms with Gasteiger partial charge in [-0.05, 0) is 53.1 Å². The number of phenolic OH excluding ortho intramolecular Hbond substituents is 1. The molecule has 1 fully saturated rings. The van der Waals surface area contributed by atoms with Crippen molar-refractivity contribution < 1.29 is 24.9 Å². The molecular formula is C27H29N5O5. The molecule has 1 amide bonds. The lowest BCUT2D eigenvalue weighted by Gasteiger charge is -2.36. The SMILES string of the molecule is CC(CN)Oc1nc(N2CCN(C(=O)C(O)O)CC2)c2ccc(-c3cc(O)cc4ccccc34)cc2n1. The summed E-state index contributed by atoms with van der Waals surface area (Å²) >= 11 is 0. The highest BCUT2D eigenvalue weighted by Crippen LogP contribution is 2.36. The molecule has 37 heavy (non-hydrogen) atoms. The number of fused-ring (bicyclic) bond motifs is 2. The second-order valence-electron chi connectivity index (χ2n) is 9.13. The number of ether oxygens (including phenoxy) is 1. The van der Waals surface area contributed by atoms with Gasteiger partial charge in [-0.25, -0.2) is 0 Å². The molecule has 1 unspecified atom stereocenters. The largest absolute Gasteiger partial charge is 0.508 e. The van der Waals surface area contributed by atoms with E-state index in [0.29, 0.717) is 44.1 Å².